The Morgan fingerprint density at radius 1 is 1.16 bits per heavy atom. The molecule has 162 valence electrons. The van der Waals surface area contributed by atoms with E-state index in [1.807, 2.05) is 12.1 Å². The molecule has 31 heavy (non-hydrogen) atoms. The Labute approximate surface area is 193 Å². The summed E-state index contributed by atoms with van der Waals surface area (Å²) in [6.07, 6.45) is 4.89. The quantitative estimate of drug-likeness (QED) is 0.683. The summed E-state index contributed by atoms with van der Waals surface area (Å²) in [6.45, 7) is 0.598. The van der Waals surface area contributed by atoms with Crippen molar-refractivity contribution < 1.29 is 14.4 Å². The number of thiophene rings is 1. The molecule has 3 aliphatic rings. The van der Waals surface area contributed by atoms with E-state index in [0.29, 0.717) is 34.3 Å². The van der Waals surface area contributed by atoms with Crippen LogP contribution in [0.4, 0.5) is 0 Å². The van der Waals surface area contributed by atoms with Gasteiger partial charge >= 0.3 is 0 Å². The third kappa shape index (κ3) is 4.06. The molecule has 2 aliphatic heterocycles. The minimum Gasteiger partial charge on any atom is -0.387 e. The molecule has 2 N–H and O–H groups in total. The molecule has 0 spiro atoms. The van der Waals surface area contributed by atoms with Crippen LogP contribution in [0, 0.1) is 0 Å². The minimum absolute atomic E-state index is 0.115. The summed E-state index contributed by atoms with van der Waals surface area (Å²) in [7, 11) is 0. The first-order chi connectivity index (χ1) is 15.0. The lowest BCUT2D eigenvalue weighted by atomic mass is 9.90. The number of nitrogens with zero attached hydrogens (tertiary/aromatic N) is 1. The topological polar surface area (TPSA) is 79.8 Å². The summed E-state index contributed by atoms with van der Waals surface area (Å²) < 4.78 is 0. The largest absolute Gasteiger partial charge is 0.387 e. The van der Waals surface area contributed by atoms with Crippen molar-refractivity contribution in [3.05, 3.63) is 54.7 Å². The van der Waals surface area contributed by atoms with Gasteiger partial charge < -0.3 is 15.5 Å². The van der Waals surface area contributed by atoms with E-state index in [1.54, 1.807) is 6.07 Å². The fourth-order valence-corrected chi connectivity index (χ4v) is 6.29. The second kappa shape index (κ2) is 8.45. The highest BCUT2D eigenvalue weighted by molar-refractivity contribution is 7.16. The third-order valence-corrected chi connectivity index (χ3v) is 7.73. The lowest BCUT2D eigenvalue weighted by Crippen LogP contribution is -2.40. The van der Waals surface area contributed by atoms with Gasteiger partial charge in [0.25, 0.3) is 5.91 Å². The zero-order valence-electron chi connectivity index (χ0n) is 16.7. The number of rotatable bonds is 4. The number of carbonyl (C=O) groups excluding carboxylic acids is 2. The average molecular weight is 478 g/mol. The van der Waals surface area contributed by atoms with Gasteiger partial charge in [0.15, 0.2) is 6.10 Å². The van der Waals surface area contributed by atoms with Crippen molar-refractivity contribution in [3.63, 3.8) is 0 Å². The first-order valence-corrected chi connectivity index (χ1v) is 12.0. The Balaban J connectivity index is 1.41. The van der Waals surface area contributed by atoms with E-state index in [-0.39, 0.29) is 17.9 Å². The molecule has 6 nitrogen and oxygen atoms in total. The Bertz CT molecular complexity index is 1080. The van der Waals surface area contributed by atoms with E-state index in [4.69, 9.17) is 28.0 Å². The van der Waals surface area contributed by atoms with Gasteiger partial charge in [-0.25, -0.2) is 0 Å². The van der Waals surface area contributed by atoms with Gasteiger partial charge in [0.2, 0.25) is 5.91 Å². The molecular weight excluding hydrogens is 457 g/mol. The monoisotopic (exact) mass is 477 g/mol. The fraction of sp³-hybridized carbons (Fsp3) is 0.409. The molecule has 1 aromatic heterocycles. The second-order valence-corrected chi connectivity index (χ2v) is 9.96. The summed E-state index contributed by atoms with van der Waals surface area (Å²) in [4.78, 5) is 32.3. The predicted molar refractivity (Wildman–Crippen MR) is 121 cm³/mol. The van der Waals surface area contributed by atoms with Crippen molar-refractivity contribution in [1.82, 2.24) is 10.6 Å². The third-order valence-electron chi connectivity index (χ3n) is 5.97. The van der Waals surface area contributed by atoms with Crippen LogP contribution >= 0.6 is 34.5 Å². The highest BCUT2D eigenvalue weighted by Crippen LogP contribution is 2.40. The van der Waals surface area contributed by atoms with Crippen molar-refractivity contribution in [2.45, 2.75) is 50.7 Å². The number of oxime groups is 1. The standard InChI is InChI=1S/C22H21Cl2N3O3S/c23-12-7-11(8-13(24)9-12)18-10-17(27-30-18)19-14-3-1-2-4-15(14)20(31-19)22(29)26-16-5-6-25-21(16)28/h7-9,16,18H,1-6,10H2,(H,25,28)(H,26,29)/t16-,18-/m1/s1. The number of halogens is 2. The van der Waals surface area contributed by atoms with Gasteiger partial charge in [-0.3, -0.25) is 9.59 Å². The number of carbonyl (C=O) groups is 2. The number of benzene rings is 1. The van der Waals surface area contributed by atoms with Crippen molar-refractivity contribution in [1.29, 1.82) is 0 Å². The highest BCUT2D eigenvalue weighted by atomic mass is 35.5. The van der Waals surface area contributed by atoms with Crippen LogP contribution in [-0.4, -0.2) is 30.1 Å². The maximum Gasteiger partial charge on any atom is 0.262 e. The number of fused-ring (bicyclic) bond motifs is 1. The molecule has 0 radical (unpaired) electrons. The molecule has 3 heterocycles. The van der Waals surface area contributed by atoms with Crippen LogP contribution in [-0.2, 0) is 22.5 Å². The van der Waals surface area contributed by atoms with Crippen LogP contribution < -0.4 is 10.6 Å². The molecule has 1 aromatic carbocycles. The molecule has 0 unspecified atom stereocenters. The average Bonchev–Trinajstić information content (AvgIpc) is 3.46. The Kier molecular flexibility index (Phi) is 5.67. The highest BCUT2D eigenvalue weighted by Gasteiger charge is 2.33. The number of hydrogen-bond acceptors (Lipinski definition) is 5. The molecule has 1 saturated heterocycles. The lowest BCUT2D eigenvalue weighted by molar-refractivity contribution is -0.120. The first kappa shape index (κ1) is 20.8. The van der Waals surface area contributed by atoms with E-state index in [9.17, 15) is 9.59 Å². The number of hydrogen-bond donors (Lipinski definition) is 2. The lowest BCUT2D eigenvalue weighted by Gasteiger charge is -2.15. The smallest absolute Gasteiger partial charge is 0.262 e. The van der Waals surface area contributed by atoms with Crippen molar-refractivity contribution in [2.75, 3.05) is 6.54 Å². The van der Waals surface area contributed by atoms with Crippen molar-refractivity contribution in [2.24, 2.45) is 5.16 Å². The molecule has 2 atom stereocenters. The van der Waals surface area contributed by atoms with Crippen LogP contribution in [0.2, 0.25) is 10.0 Å². The fourth-order valence-electron chi connectivity index (χ4n) is 4.46. The van der Waals surface area contributed by atoms with Gasteiger partial charge in [0.05, 0.1) is 9.75 Å². The Morgan fingerprint density at radius 3 is 2.61 bits per heavy atom. The molecule has 0 saturated carbocycles. The van der Waals surface area contributed by atoms with E-state index < -0.39 is 6.04 Å². The van der Waals surface area contributed by atoms with Crippen LogP contribution in [0.1, 0.15) is 63.0 Å². The summed E-state index contributed by atoms with van der Waals surface area (Å²) in [5, 5.41) is 11.1. The molecule has 5 rings (SSSR count). The van der Waals surface area contributed by atoms with Crippen molar-refractivity contribution >= 4 is 52.1 Å². The Hall–Kier alpha value is -2.09. The molecule has 2 aromatic rings. The molecule has 0 bridgehead atoms. The minimum atomic E-state index is -0.457. The molecule has 2 amide bonds. The SMILES string of the molecule is O=C(N[C@@H]1CCNC1=O)c1sc(C2=NO[C@@H](c3cc(Cl)cc(Cl)c3)C2)c2c1CCCC2. The zero-order chi connectivity index (χ0) is 21.5. The van der Waals surface area contributed by atoms with Gasteiger partial charge in [-0.15, -0.1) is 11.3 Å². The molecule has 9 heteroatoms. The number of amides is 2. The van der Waals surface area contributed by atoms with Gasteiger partial charge in [-0.1, -0.05) is 28.4 Å². The maximum absolute atomic E-state index is 13.0. The Morgan fingerprint density at radius 2 is 1.90 bits per heavy atom. The van der Waals surface area contributed by atoms with Crippen molar-refractivity contribution in [3.8, 4) is 0 Å². The zero-order valence-corrected chi connectivity index (χ0v) is 19.0. The van der Waals surface area contributed by atoms with Gasteiger partial charge in [-0.05, 0) is 67.0 Å². The van der Waals surface area contributed by atoms with Crippen LogP contribution in [0.25, 0.3) is 0 Å². The molecule has 1 fully saturated rings. The summed E-state index contributed by atoms with van der Waals surface area (Å²) in [6, 6.07) is 4.91. The maximum atomic E-state index is 13.0. The second-order valence-electron chi connectivity index (χ2n) is 8.07. The van der Waals surface area contributed by atoms with Crippen LogP contribution in [0.3, 0.4) is 0 Å². The van der Waals surface area contributed by atoms with E-state index in [1.165, 1.54) is 16.9 Å². The van der Waals surface area contributed by atoms with Gasteiger partial charge in [0, 0.05) is 23.0 Å². The summed E-state index contributed by atoms with van der Waals surface area (Å²) in [5.41, 5.74) is 4.03. The first-order valence-electron chi connectivity index (χ1n) is 10.4. The van der Waals surface area contributed by atoms with Crippen LogP contribution in [0.15, 0.2) is 23.4 Å². The summed E-state index contributed by atoms with van der Waals surface area (Å²) >= 11 is 13.8. The van der Waals surface area contributed by atoms with E-state index >= 15 is 0 Å². The van der Waals surface area contributed by atoms with E-state index in [0.717, 1.165) is 47.4 Å². The summed E-state index contributed by atoms with van der Waals surface area (Å²) in [5.74, 6) is -0.287. The van der Waals surface area contributed by atoms with Gasteiger partial charge in [0.1, 0.15) is 11.8 Å². The normalized spacial score (nSPS) is 22.5. The molecule has 1 aliphatic carbocycles. The van der Waals surface area contributed by atoms with E-state index in [2.05, 4.69) is 15.8 Å². The predicted octanol–water partition coefficient (Wildman–Crippen LogP) is 4.42. The number of nitrogens with one attached hydrogen (secondary N) is 2. The van der Waals surface area contributed by atoms with Gasteiger partial charge in [-0.2, -0.15) is 0 Å². The van der Waals surface area contributed by atoms with Crippen LogP contribution in [0.5, 0.6) is 0 Å². The molecular formula is C22H21Cl2N3O3S.